The Morgan fingerprint density at radius 2 is 1.70 bits per heavy atom. The second-order valence-corrected chi connectivity index (χ2v) is 7.30. The molecule has 12 nitrogen and oxygen atoms in total. The van der Waals surface area contributed by atoms with Crippen molar-refractivity contribution in [3.63, 3.8) is 0 Å². The Hall–Kier alpha value is -3.67. The highest BCUT2D eigenvalue weighted by Crippen LogP contribution is 2.12. The average molecular weight is 466 g/mol. The molecule has 0 aromatic heterocycles. The zero-order valence-electron chi connectivity index (χ0n) is 18.7. The van der Waals surface area contributed by atoms with Crippen LogP contribution in [-0.2, 0) is 30.5 Å². The van der Waals surface area contributed by atoms with Crippen molar-refractivity contribution in [3.8, 4) is 0 Å². The largest absolute Gasteiger partial charge is 0.481 e. The van der Waals surface area contributed by atoms with Gasteiger partial charge in [0.1, 0.15) is 12.1 Å². The molecule has 0 radical (unpaired) electrons. The van der Waals surface area contributed by atoms with E-state index in [9.17, 15) is 24.0 Å². The van der Waals surface area contributed by atoms with Crippen molar-refractivity contribution >= 4 is 35.4 Å². The third kappa shape index (κ3) is 11.5. The minimum absolute atomic E-state index is 0.194. The molecule has 0 heterocycles. The van der Waals surface area contributed by atoms with E-state index in [2.05, 4.69) is 21.3 Å². The number of nitrogens with two attached hydrogens (primary N) is 1. The molecule has 0 saturated heterocycles. The number of urea groups is 1. The molecule has 0 spiro atoms. The Morgan fingerprint density at radius 1 is 1.03 bits per heavy atom. The van der Waals surface area contributed by atoms with Gasteiger partial charge in [0.2, 0.25) is 17.7 Å². The number of carboxylic acid groups (broad SMARTS) is 1. The van der Waals surface area contributed by atoms with Crippen molar-refractivity contribution in [2.24, 2.45) is 5.73 Å². The van der Waals surface area contributed by atoms with Crippen LogP contribution in [0, 0.1) is 0 Å². The molecule has 2 atom stereocenters. The van der Waals surface area contributed by atoms with Crippen LogP contribution >= 0.6 is 0 Å². The van der Waals surface area contributed by atoms with E-state index in [-0.39, 0.29) is 25.8 Å². The Kier molecular flexibility index (Phi) is 11.9. The van der Waals surface area contributed by atoms with Gasteiger partial charge in [0.05, 0.1) is 13.0 Å². The lowest BCUT2D eigenvalue weighted by Gasteiger charge is -2.21. The fourth-order valence-electron chi connectivity index (χ4n) is 2.76. The van der Waals surface area contributed by atoms with Gasteiger partial charge in [-0.2, -0.15) is 0 Å². The number of amides is 5. The summed E-state index contributed by atoms with van der Waals surface area (Å²) in [5.41, 5.74) is 6.47. The molecule has 1 rings (SSSR count). The van der Waals surface area contributed by atoms with Gasteiger partial charge in [-0.15, -0.1) is 0 Å². The van der Waals surface area contributed by atoms with Gasteiger partial charge in [-0.05, 0) is 37.5 Å². The number of carbonyl (C=O) groups is 5. The molecular weight excluding hydrogens is 434 g/mol. The second-order valence-electron chi connectivity index (χ2n) is 7.30. The first-order valence-corrected chi connectivity index (χ1v) is 10.4. The molecule has 12 heteroatoms. The summed E-state index contributed by atoms with van der Waals surface area (Å²) in [6.45, 7) is 2.06. The van der Waals surface area contributed by atoms with Crippen LogP contribution < -0.4 is 27.0 Å². The third-order valence-electron chi connectivity index (χ3n) is 4.47. The summed E-state index contributed by atoms with van der Waals surface area (Å²) in [6.07, 6.45) is -0.0807. The molecule has 1 aromatic carbocycles. The van der Waals surface area contributed by atoms with Crippen LogP contribution in [0.2, 0.25) is 0 Å². The monoisotopic (exact) mass is 465 g/mol. The number of anilines is 1. The molecule has 0 bridgehead atoms. The van der Waals surface area contributed by atoms with Crippen molar-refractivity contribution in [1.29, 1.82) is 0 Å². The highest BCUT2D eigenvalue weighted by Gasteiger charge is 2.24. The molecule has 0 aliphatic heterocycles. The van der Waals surface area contributed by atoms with Crippen LogP contribution in [0.4, 0.5) is 10.5 Å². The predicted molar refractivity (Wildman–Crippen MR) is 119 cm³/mol. The van der Waals surface area contributed by atoms with Crippen LogP contribution in [-0.4, -0.2) is 60.6 Å². The fraction of sp³-hybridized carbons (Fsp3) is 0.476. The van der Waals surface area contributed by atoms with Crippen molar-refractivity contribution in [2.75, 3.05) is 19.0 Å². The van der Waals surface area contributed by atoms with Crippen molar-refractivity contribution < 1.29 is 33.8 Å². The maximum atomic E-state index is 12.8. The summed E-state index contributed by atoms with van der Waals surface area (Å²) >= 11 is 0. The number of nitrogens with one attached hydrogen (secondary N) is 4. The zero-order valence-corrected chi connectivity index (χ0v) is 18.7. The van der Waals surface area contributed by atoms with Gasteiger partial charge in [0.25, 0.3) is 0 Å². The van der Waals surface area contributed by atoms with E-state index in [1.165, 1.54) is 6.92 Å². The summed E-state index contributed by atoms with van der Waals surface area (Å²) in [5.74, 6) is -2.81. The van der Waals surface area contributed by atoms with E-state index in [1.54, 1.807) is 31.4 Å². The number of aliphatic carboxylic acids is 1. The molecule has 33 heavy (non-hydrogen) atoms. The molecular formula is C21H31N5O7. The van der Waals surface area contributed by atoms with Crippen molar-refractivity contribution in [1.82, 2.24) is 16.0 Å². The average Bonchev–Trinajstić information content (AvgIpc) is 2.75. The Labute approximate surface area is 191 Å². The molecule has 7 N–H and O–H groups in total. The van der Waals surface area contributed by atoms with Crippen molar-refractivity contribution in [3.05, 3.63) is 29.8 Å². The number of ether oxygens (including phenoxy) is 1. The molecule has 0 unspecified atom stereocenters. The number of hydrogen-bond acceptors (Lipinski definition) is 6. The number of carboxylic acids is 1. The summed E-state index contributed by atoms with van der Waals surface area (Å²) in [6, 6.07) is 4.34. The number of methoxy groups -OCH3 is 1. The number of benzene rings is 1. The van der Waals surface area contributed by atoms with E-state index in [0.717, 1.165) is 5.56 Å². The van der Waals surface area contributed by atoms with Gasteiger partial charge >= 0.3 is 12.0 Å². The molecule has 5 amide bonds. The second kappa shape index (κ2) is 14.4. The van der Waals surface area contributed by atoms with Gasteiger partial charge in [-0.25, -0.2) is 4.79 Å². The van der Waals surface area contributed by atoms with Gasteiger partial charge < -0.3 is 36.8 Å². The zero-order chi connectivity index (χ0) is 24.8. The minimum atomic E-state index is -1.13. The molecule has 182 valence electrons. The van der Waals surface area contributed by atoms with E-state index < -0.39 is 41.8 Å². The normalized spacial score (nSPS) is 12.2. The first kappa shape index (κ1) is 27.4. The topological polar surface area (TPSA) is 189 Å². The van der Waals surface area contributed by atoms with Crippen LogP contribution in [0.1, 0.15) is 38.2 Å². The number of primary amides is 1. The van der Waals surface area contributed by atoms with Crippen LogP contribution in [0.5, 0.6) is 0 Å². The highest BCUT2D eigenvalue weighted by atomic mass is 16.5. The van der Waals surface area contributed by atoms with E-state index in [0.29, 0.717) is 18.7 Å². The van der Waals surface area contributed by atoms with Gasteiger partial charge in [0.15, 0.2) is 0 Å². The smallest absolute Gasteiger partial charge is 0.312 e. The SMILES string of the molecule is COCc1ccc(NC(=O)[C@H](CCCNC(N)=O)NC(=O)[C@H](C)NC(=O)CCC(=O)O)cc1. The Balaban J connectivity index is 2.75. The molecule has 1 aromatic rings. The van der Waals surface area contributed by atoms with Gasteiger partial charge in [0, 0.05) is 25.8 Å². The first-order valence-electron chi connectivity index (χ1n) is 10.4. The summed E-state index contributed by atoms with van der Waals surface area (Å²) in [7, 11) is 1.58. The number of carbonyl (C=O) groups excluding carboxylic acids is 4. The summed E-state index contributed by atoms with van der Waals surface area (Å²) in [5, 5.41) is 18.8. The van der Waals surface area contributed by atoms with Crippen LogP contribution in [0.15, 0.2) is 24.3 Å². The van der Waals surface area contributed by atoms with Gasteiger partial charge in [-0.1, -0.05) is 12.1 Å². The standard InChI is InChI=1S/C21H31N5O7/c1-13(24-17(27)9-10-18(28)29)19(30)26-16(4-3-11-23-21(22)32)20(31)25-15-7-5-14(6-8-15)12-33-2/h5-8,13,16H,3-4,9-12H2,1-2H3,(H,24,27)(H,25,31)(H,26,30)(H,28,29)(H3,22,23,32)/t13-,16-/m0/s1. The lowest BCUT2D eigenvalue weighted by Crippen LogP contribution is -2.51. The summed E-state index contributed by atoms with van der Waals surface area (Å²) < 4.78 is 5.05. The third-order valence-corrected chi connectivity index (χ3v) is 4.47. The molecule has 0 saturated carbocycles. The molecule has 0 aliphatic rings. The quantitative estimate of drug-likeness (QED) is 0.210. The summed E-state index contributed by atoms with van der Waals surface area (Å²) in [4.78, 5) is 58.5. The number of hydrogen-bond donors (Lipinski definition) is 6. The van der Waals surface area contributed by atoms with Gasteiger partial charge in [-0.3, -0.25) is 19.2 Å². The predicted octanol–water partition coefficient (Wildman–Crippen LogP) is 0.0743. The number of rotatable bonds is 14. The lowest BCUT2D eigenvalue weighted by molar-refractivity contribution is -0.139. The van der Waals surface area contributed by atoms with Crippen LogP contribution in [0.3, 0.4) is 0 Å². The first-order chi connectivity index (χ1) is 15.6. The minimum Gasteiger partial charge on any atom is -0.481 e. The van der Waals surface area contributed by atoms with E-state index in [4.69, 9.17) is 15.6 Å². The Morgan fingerprint density at radius 3 is 2.27 bits per heavy atom. The fourth-order valence-corrected chi connectivity index (χ4v) is 2.76. The maximum absolute atomic E-state index is 12.8. The van der Waals surface area contributed by atoms with Crippen LogP contribution in [0.25, 0.3) is 0 Å². The Bertz CT molecular complexity index is 829. The van der Waals surface area contributed by atoms with E-state index in [1.807, 2.05) is 0 Å². The molecule has 0 fully saturated rings. The highest BCUT2D eigenvalue weighted by molar-refractivity contribution is 5.98. The lowest BCUT2D eigenvalue weighted by atomic mass is 10.1. The molecule has 0 aliphatic carbocycles. The van der Waals surface area contributed by atoms with Crippen molar-refractivity contribution in [2.45, 2.75) is 51.3 Å². The maximum Gasteiger partial charge on any atom is 0.312 e. The van der Waals surface area contributed by atoms with E-state index >= 15 is 0 Å².